The lowest BCUT2D eigenvalue weighted by Crippen LogP contribution is -2.28. The molecule has 0 radical (unpaired) electrons. The summed E-state index contributed by atoms with van der Waals surface area (Å²) in [5, 5.41) is 0. The first-order chi connectivity index (χ1) is 10.7. The molecule has 2 aromatic rings. The van der Waals surface area contributed by atoms with Crippen LogP contribution in [0.15, 0.2) is 42.5 Å². The molecule has 1 aliphatic rings. The summed E-state index contributed by atoms with van der Waals surface area (Å²) >= 11 is 0. The van der Waals surface area contributed by atoms with Crippen LogP contribution >= 0.6 is 0 Å². The average molecular weight is 295 g/mol. The van der Waals surface area contributed by atoms with E-state index in [4.69, 9.17) is 4.74 Å². The second-order valence-corrected chi connectivity index (χ2v) is 5.76. The van der Waals surface area contributed by atoms with E-state index in [2.05, 4.69) is 30.3 Å². The van der Waals surface area contributed by atoms with Crippen LogP contribution in [0.1, 0.15) is 24.5 Å². The largest absolute Gasteiger partial charge is 0.497 e. The average Bonchev–Trinajstić information content (AvgIpc) is 2.76. The Morgan fingerprint density at radius 3 is 2.68 bits per heavy atom. The van der Waals surface area contributed by atoms with Gasteiger partial charge in [-0.15, -0.1) is 0 Å². The molecular formula is C19H21NO2. The number of fused-ring (bicyclic) bond motifs is 1. The molecule has 0 fully saturated rings. The third-order valence-corrected chi connectivity index (χ3v) is 4.29. The van der Waals surface area contributed by atoms with Crippen molar-refractivity contribution in [2.45, 2.75) is 26.3 Å². The topological polar surface area (TPSA) is 29.5 Å². The Hall–Kier alpha value is -2.29. The highest BCUT2D eigenvalue weighted by Gasteiger charge is 2.16. The van der Waals surface area contributed by atoms with E-state index in [1.165, 1.54) is 16.7 Å². The summed E-state index contributed by atoms with van der Waals surface area (Å²) in [4.78, 5) is 13.6. The molecule has 0 unspecified atom stereocenters. The molecule has 0 atom stereocenters. The second-order valence-electron chi connectivity index (χ2n) is 5.76. The SMILES string of the molecule is COc1cccc(-c2ccc3c(c2)CCCN(C(C)=O)C3)c1. The van der Waals surface area contributed by atoms with Gasteiger partial charge in [0.2, 0.25) is 5.91 Å². The minimum absolute atomic E-state index is 0.157. The Morgan fingerprint density at radius 1 is 1.09 bits per heavy atom. The predicted octanol–water partition coefficient (Wildman–Crippen LogP) is 3.66. The van der Waals surface area contributed by atoms with Crippen LogP contribution < -0.4 is 4.74 Å². The molecule has 0 aromatic heterocycles. The summed E-state index contributed by atoms with van der Waals surface area (Å²) in [7, 11) is 1.69. The number of ether oxygens (including phenoxy) is 1. The number of nitrogens with zero attached hydrogens (tertiary/aromatic N) is 1. The van der Waals surface area contributed by atoms with Crippen LogP contribution in [0.2, 0.25) is 0 Å². The molecular weight excluding hydrogens is 274 g/mol. The molecule has 0 N–H and O–H groups in total. The number of methoxy groups -OCH3 is 1. The molecule has 0 bridgehead atoms. The van der Waals surface area contributed by atoms with Crippen molar-refractivity contribution in [2.24, 2.45) is 0 Å². The van der Waals surface area contributed by atoms with Crippen LogP contribution in [0.25, 0.3) is 11.1 Å². The van der Waals surface area contributed by atoms with E-state index in [9.17, 15) is 4.79 Å². The van der Waals surface area contributed by atoms with E-state index in [1.807, 2.05) is 17.0 Å². The molecule has 0 aliphatic carbocycles. The van der Waals surface area contributed by atoms with Gasteiger partial charge in [0.05, 0.1) is 7.11 Å². The third-order valence-electron chi connectivity index (χ3n) is 4.29. The van der Waals surface area contributed by atoms with Crippen LogP contribution in [-0.4, -0.2) is 24.5 Å². The fraction of sp³-hybridized carbons (Fsp3) is 0.316. The van der Waals surface area contributed by atoms with Gasteiger partial charge < -0.3 is 9.64 Å². The Kier molecular flexibility index (Phi) is 4.14. The molecule has 1 heterocycles. The van der Waals surface area contributed by atoms with Crippen LogP contribution in [-0.2, 0) is 17.8 Å². The first-order valence-electron chi connectivity index (χ1n) is 7.69. The second kappa shape index (κ2) is 6.22. The lowest BCUT2D eigenvalue weighted by Gasteiger charge is -2.18. The molecule has 0 saturated heterocycles. The van der Waals surface area contributed by atoms with E-state index in [-0.39, 0.29) is 5.91 Å². The van der Waals surface area contributed by atoms with Crippen molar-refractivity contribution in [1.29, 1.82) is 0 Å². The predicted molar refractivity (Wildman–Crippen MR) is 87.8 cm³/mol. The van der Waals surface area contributed by atoms with E-state index in [0.717, 1.165) is 37.2 Å². The summed E-state index contributed by atoms with van der Waals surface area (Å²) in [6.07, 6.45) is 2.05. The first-order valence-corrected chi connectivity index (χ1v) is 7.69. The molecule has 3 rings (SSSR count). The van der Waals surface area contributed by atoms with Crippen LogP contribution in [0, 0.1) is 0 Å². The molecule has 114 valence electrons. The maximum Gasteiger partial charge on any atom is 0.219 e. The summed E-state index contributed by atoms with van der Waals surface area (Å²) in [5.74, 6) is 1.03. The van der Waals surface area contributed by atoms with Gasteiger partial charge in [0.1, 0.15) is 5.75 Å². The number of carbonyl (C=O) groups excluding carboxylic acids is 1. The van der Waals surface area contributed by atoms with Crippen molar-refractivity contribution in [3.05, 3.63) is 53.6 Å². The van der Waals surface area contributed by atoms with E-state index in [1.54, 1.807) is 14.0 Å². The van der Waals surface area contributed by atoms with Gasteiger partial charge >= 0.3 is 0 Å². The zero-order valence-corrected chi connectivity index (χ0v) is 13.1. The highest BCUT2D eigenvalue weighted by Crippen LogP contribution is 2.28. The van der Waals surface area contributed by atoms with Crippen LogP contribution in [0.4, 0.5) is 0 Å². The molecule has 0 saturated carbocycles. The number of hydrogen-bond acceptors (Lipinski definition) is 2. The van der Waals surface area contributed by atoms with Gasteiger partial charge in [0.25, 0.3) is 0 Å². The lowest BCUT2D eigenvalue weighted by atomic mass is 9.97. The maximum atomic E-state index is 11.6. The Morgan fingerprint density at radius 2 is 1.91 bits per heavy atom. The van der Waals surface area contributed by atoms with Gasteiger partial charge in [0.15, 0.2) is 0 Å². The Bertz CT molecular complexity index is 694. The normalized spacial score (nSPS) is 14.2. The quantitative estimate of drug-likeness (QED) is 0.846. The lowest BCUT2D eigenvalue weighted by molar-refractivity contribution is -0.129. The summed E-state index contributed by atoms with van der Waals surface area (Å²) in [5.41, 5.74) is 4.98. The van der Waals surface area contributed by atoms with Gasteiger partial charge in [-0.25, -0.2) is 0 Å². The van der Waals surface area contributed by atoms with Gasteiger partial charge in [-0.05, 0) is 47.2 Å². The summed E-state index contributed by atoms with van der Waals surface area (Å²) in [6.45, 7) is 3.22. The fourth-order valence-corrected chi connectivity index (χ4v) is 3.01. The Labute approximate surface area is 131 Å². The smallest absolute Gasteiger partial charge is 0.219 e. The number of carbonyl (C=O) groups is 1. The third kappa shape index (κ3) is 2.98. The van der Waals surface area contributed by atoms with Crippen molar-refractivity contribution in [2.75, 3.05) is 13.7 Å². The van der Waals surface area contributed by atoms with Crippen molar-refractivity contribution in [1.82, 2.24) is 4.90 Å². The van der Waals surface area contributed by atoms with Crippen molar-refractivity contribution in [3.63, 3.8) is 0 Å². The zero-order valence-electron chi connectivity index (χ0n) is 13.1. The van der Waals surface area contributed by atoms with Gasteiger partial charge in [-0.1, -0.05) is 30.3 Å². The Balaban J connectivity index is 1.93. The summed E-state index contributed by atoms with van der Waals surface area (Å²) in [6, 6.07) is 14.7. The molecule has 22 heavy (non-hydrogen) atoms. The van der Waals surface area contributed by atoms with Crippen LogP contribution in [0.3, 0.4) is 0 Å². The molecule has 0 spiro atoms. The summed E-state index contributed by atoms with van der Waals surface area (Å²) < 4.78 is 5.31. The monoisotopic (exact) mass is 295 g/mol. The van der Waals surface area contributed by atoms with E-state index < -0.39 is 0 Å². The molecule has 3 nitrogen and oxygen atoms in total. The minimum Gasteiger partial charge on any atom is -0.497 e. The number of hydrogen-bond donors (Lipinski definition) is 0. The standard InChI is InChI=1S/C19H21NO2/c1-14(21)20-10-4-6-15-11-17(8-9-18(15)13-20)16-5-3-7-19(12-16)22-2/h3,5,7-9,11-12H,4,6,10,13H2,1-2H3. The fourth-order valence-electron chi connectivity index (χ4n) is 3.01. The molecule has 1 amide bonds. The molecule has 3 heteroatoms. The van der Waals surface area contributed by atoms with Gasteiger partial charge in [0, 0.05) is 20.0 Å². The zero-order chi connectivity index (χ0) is 15.5. The highest BCUT2D eigenvalue weighted by molar-refractivity contribution is 5.73. The number of amides is 1. The minimum atomic E-state index is 0.157. The van der Waals surface area contributed by atoms with E-state index >= 15 is 0 Å². The molecule has 2 aromatic carbocycles. The number of rotatable bonds is 2. The van der Waals surface area contributed by atoms with Crippen molar-refractivity contribution < 1.29 is 9.53 Å². The first kappa shape index (κ1) is 14.6. The van der Waals surface area contributed by atoms with Gasteiger partial charge in [-0.2, -0.15) is 0 Å². The highest BCUT2D eigenvalue weighted by atomic mass is 16.5. The van der Waals surface area contributed by atoms with E-state index in [0.29, 0.717) is 0 Å². The molecule has 1 aliphatic heterocycles. The van der Waals surface area contributed by atoms with Crippen LogP contribution in [0.5, 0.6) is 5.75 Å². The van der Waals surface area contributed by atoms with Gasteiger partial charge in [-0.3, -0.25) is 4.79 Å². The van der Waals surface area contributed by atoms with Crippen molar-refractivity contribution in [3.8, 4) is 16.9 Å². The number of benzene rings is 2. The maximum absolute atomic E-state index is 11.6. The van der Waals surface area contributed by atoms with Crippen molar-refractivity contribution >= 4 is 5.91 Å². The number of aryl methyl sites for hydroxylation is 1.